The molecule has 3 fully saturated rings. The van der Waals surface area contributed by atoms with Crippen LogP contribution in [0.4, 0.5) is 8.78 Å². The molecule has 0 N–H and O–H groups in total. The lowest BCUT2D eigenvalue weighted by molar-refractivity contribution is -0.176. The van der Waals surface area contributed by atoms with Gasteiger partial charge in [-0.3, -0.25) is 4.79 Å². The van der Waals surface area contributed by atoms with Gasteiger partial charge in [0, 0.05) is 11.3 Å². The summed E-state index contributed by atoms with van der Waals surface area (Å²) in [5.41, 5.74) is -0.392. The molecule has 0 spiro atoms. The Balaban J connectivity index is 1.83. The maximum absolute atomic E-state index is 12.2. The zero-order chi connectivity index (χ0) is 12.4. The van der Waals surface area contributed by atoms with Gasteiger partial charge in [-0.25, -0.2) is 4.79 Å². The first-order valence-electron chi connectivity index (χ1n) is 5.61. The lowest BCUT2D eigenvalue weighted by Gasteiger charge is -2.32. The number of hydrogen-bond donors (Lipinski definition) is 0. The van der Waals surface area contributed by atoms with Crippen molar-refractivity contribution in [3.8, 4) is 0 Å². The van der Waals surface area contributed by atoms with Gasteiger partial charge in [0.1, 0.15) is 12.2 Å². The summed E-state index contributed by atoms with van der Waals surface area (Å²) < 4.78 is 34.3. The van der Waals surface area contributed by atoms with Gasteiger partial charge in [0.2, 0.25) is 0 Å². The van der Waals surface area contributed by atoms with Crippen LogP contribution in [0.5, 0.6) is 0 Å². The Bertz CT molecular complexity index is 397. The molecule has 0 aromatic heterocycles. The summed E-state index contributed by atoms with van der Waals surface area (Å²) in [6.45, 7) is 1.87. The molecule has 6 heteroatoms. The Labute approximate surface area is 96.3 Å². The number of alkyl halides is 2. The van der Waals surface area contributed by atoms with Crippen molar-refractivity contribution < 1.29 is 27.8 Å². The zero-order valence-corrected chi connectivity index (χ0v) is 9.19. The van der Waals surface area contributed by atoms with Crippen LogP contribution in [0.3, 0.4) is 0 Å². The molecule has 17 heavy (non-hydrogen) atoms. The molecule has 3 rings (SSSR count). The number of esters is 2. The van der Waals surface area contributed by atoms with E-state index in [1.165, 1.54) is 0 Å². The highest BCUT2D eigenvalue weighted by Crippen LogP contribution is 2.62. The van der Waals surface area contributed by atoms with E-state index in [1.807, 2.05) is 6.92 Å². The minimum Gasteiger partial charge on any atom is -0.458 e. The summed E-state index contributed by atoms with van der Waals surface area (Å²) in [6.07, 6.45) is -3.10. The monoisotopic (exact) mass is 246 g/mol. The third-order valence-corrected chi connectivity index (χ3v) is 4.29. The van der Waals surface area contributed by atoms with Crippen molar-refractivity contribution in [1.29, 1.82) is 0 Å². The van der Waals surface area contributed by atoms with E-state index in [2.05, 4.69) is 0 Å². The first kappa shape index (κ1) is 10.9. The van der Waals surface area contributed by atoms with Gasteiger partial charge < -0.3 is 9.47 Å². The summed E-state index contributed by atoms with van der Waals surface area (Å²) in [5, 5.41) is 0. The minimum absolute atomic E-state index is 0.0305. The van der Waals surface area contributed by atoms with Gasteiger partial charge in [-0.15, -0.1) is 0 Å². The van der Waals surface area contributed by atoms with Crippen molar-refractivity contribution in [1.82, 2.24) is 0 Å². The summed E-state index contributed by atoms with van der Waals surface area (Å²) in [6, 6.07) is 0. The van der Waals surface area contributed by atoms with E-state index in [1.54, 1.807) is 0 Å². The number of halogens is 2. The number of fused-ring (bicyclic) bond motifs is 1. The number of hydrogen-bond acceptors (Lipinski definition) is 4. The van der Waals surface area contributed by atoms with Crippen molar-refractivity contribution in [2.24, 2.45) is 17.3 Å². The maximum atomic E-state index is 12.2. The van der Waals surface area contributed by atoms with Crippen LogP contribution >= 0.6 is 0 Å². The molecule has 1 heterocycles. The van der Waals surface area contributed by atoms with E-state index in [4.69, 9.17) is 9.47 Å². The Morgan fingerprint density at radius 3 is 2.88 bits per heavy atom. The summed E-state index contributed by atoms with van der Waals surface area (Å²) in [7, 11) is 0. The second-order valence-electron chi connectivity index (χ2n) is 5.39. The SMILES string of the molecule is CC12CC3C(=O)OC(C3C1)C2OC(=O)C(F)F. The van der Waals surface area contributed by atoms with E-state index in [-0.39, 0.29) is 17.8 Å². The molecule has 2 saturated carbocycles. The van der Waals surface area contributed by atoms with Crippen molar-refractivity contribution in [2.75, 3.05) is 0 Å². The van der Waals surface area contributed by atoms with Crippen molar-refractivity contribution in [3.05, 3.63) is 0 Å². The van der Waals surface area contributed by atoms with Gasteiger partial charge in [0.15, 0.2) is 0 Å². The fourth-order valence-electron chi connectivity index (χ4n) is 3.63. The first-order valence-corrected chi connectivity index (χ1v) is 5.61. The lowest BCUT2D eigenvalue weighted by atomic mass is 9.79. The van der Waals surface area contributed by atoms with Crippen LogP contribution in [-0.4, -0.2) is 30.6 Å². The molecule has 4 nitrogen and oxygen atoms in total. The van der Waals surface area contributed by atoms with Crippen LogP contribution in [0.2, 0.25) is 0 Å². The number of ether oxygens (including phenoxy) is 2. The van der Waals surface area contributed by atoms with E-state index in [9.17, 15) is 18.4 Å². The van der Waals surface area contributed by atoms with E-state index >= 15 is 0 Å². The topological polar surface area (TPSA) is 52.6 Å². The second-order valence-corrected chi connectivity index (χ2v) is 5.39. The van der Waals surface area contributed by atoms with E-state index in [0.717, 1.165) is 0 Å². The van der Waals surface area contributed by atoms with Crippen LogP contribution < -0.4 is 0 Å². The van der Waals surface area contributed by atoms with E-state index < -0.39 is 30.0 Å². The number of rotatable bonds is 2. The predicted molar refractivity (Wildman–Crippen MR) is 50.1 cm³/mol. The summed E-state index contributed by atoms with van der Waals surface area (Å²) in [4.78, 5) is 22.5. The van der Waals surface area contributed by atoms with Crippen LogP contribution in [0.1, 0.15) is 19.8 Å². The molecule has 0 aromatic carbocycles. The fraction of sp³-hybridized carbons (Fsp3) is 0.818. The van der Waals surface area contributed by atoms with Gasteiger partial charge in [-0.2, -0.15) is 8.78 Å². The Morgan fingerprint density at radius 1 is 1.53 bits per heavy atom. The van der Waals surface area contributed by atoms with E-state index in [0.29, 0.717) is 12.8 Å². The molecule has 0 radical (unpaired) electrons. The average molecular weight is 246 g/mol. The van der Waals surface area contributed by atoms with Crippen molar-refractivity contribution in [2.45, 2.75) is 38.4 Å². The smallest absolute Gasteiger partial charge is 0.374 e. The Hall–Kier alpha value is -1.20. The molecular formula is C11H12F2O4. The Morgan fingerprint density at radius 2 is 2.24 bits per heavy atom. The number of carbonyl (C=O) groups is 2. The molecule has 1 aliphatic heterocycles. The van der Waals surface area contributed by atoms with Crippen LogP contribution in [-0.2, 0) is 19.1 Å². The van der Waals surface area contributed by atoms with Gasteiger partial charge in [0.25, 0.3) is 0 Å². The third kappa shape index (κ3) is 1.32. The quantitative estimate of drug-likeness (QED) is 0.685. The fourth-order valence-corrected chi connectivity index (χ4v) is 3.63. The first-order chi connectivity index (χ1) is 7.92. The van der Waals surface area contributed by atoms with Crippen LogP contribution in [0.15, 0.2) is 0 Å². The second kappa shape index (κ2) is 3.17. The van der Waals surface area contributed by atoms with Gasteiger partial charge in [-0.1, -0.05) is 6.92 Å². The summed E-state index contributed by atoms with van der Waals surface area (Å²) in [5.74, 6) is -1.91. The van der Waals surface area contributed by atoms with Gasteiger partial charge >= 0.3 is 18.4 Å². The molecular weight excluding hydrogens is 234 g/mol. The molecule has 0 amide bonds. The largest absolute Gasteiger partial charge is 0.458 e. The lowest BCUT2D eigenvalue weighted by Crippen LogP contribution is -2.42. The van der Waals surface area contributed by atoms with Gasteiger partial charge in [-0.05, 0) is 12.8 Å². The highest BCUT2D eigenvalue weighted by atomic mass is 19.3. The highest BCUT2D eigenvalue weighted by molar-refractivity contribution is 5.78. The minimum atomic E-state index is -3.13. The van der Waals surface area contributed by atoms with Crippen molar-refractivity contribution >= 4 is 11.9 Å². The maximum Gasteiger partial charge on any atom is 0.374 e. The van der Waals surface area contributed by atoms with Crippen LogP contribution in [0.25, 0.3) is 0 Å². The average Bonchev–Trinajstić information content (AvgIpc) is 2.78. The molecule has 1 saturated heterocycles. The Kier molecular flexibility index (Phi) is 2.04. The molecule has 2 bridgehead atoms. The van der Waals surface area contributed by atoms with Crippen molar-refractivity contribution in [3.63, 3.8) is 0 Å². The van der Waals surface area contributed by atoms with Gasteiger partial charge in [0.05, 0.1) is 5.92 Å². The molecule has 5 unspecified atom stereocenters. The highest BCUT2D eigenvalue weighted by Gasteiger charge is 2.68. The molecule has 2 aliphatic carbocycles. The standard InChI is InChI=1S/C11H12F2O4/c1-11-2-4-5(3-11)9(14)16-6(4)7(11)17-10(15)8(12)13/h4-8H,2-3H2,1H3. The normalized spacial score (nSPS) is 46.5. The zero-order valence-electron chi connectivity index (χ0n) is 9.19. The molecule has 5 atom stereocenters. The number of carbonyl (C=O) groups excluding carboxylic acids is 2. The molecule has 3 aliphatic rings. The van der Waals surface area contributed by atoms with Crippen LogP contribution in [0, 0.1) is 17.3 Å². The predicted octanol–water partition coefficient (Wildman–Crippen LogP) is 1.13. The molecule has 0 aromatic rings. The molecule has 94 valence electrons. The third-order valence-electron chi connectivity index (χ3n) is 4.29. The summed E-state index contributed by atoms with van der Waals surface area (Å²) >= 11 is 0.